The van der Waals surface area contributed by atoms with Gasteiger partial charge in [-0.2, -0.15) is 0 Å². The Balaban J connectivity index is 2.52. The van der Waals surface area contributed by atoms with Crippen LogP contribution >= 0.6 is 11.3 Å². The Morgan fingerprint density at radius 2 is 2.19 bits per heavy atom. The fraction of sp³-hybridized carbons (Fsp3) is 0.500. The van der Waals surface area contributed by atoms with E-state index in [0.29, 0.717) is 30.8 Å². The number of nitrogens with zero attached hydrogens (tertiary/aromatic N) is 3. The molecule has 2 aromatic rings. The summed E-state index contributed by atoms with van der Waals surface area (Å²) >= 11 is 1.41. The summed E-state index contributed by atoms with van der Waals surface area (Å²) in [6.45, 7) is 7.97. The number of hydrogen-bond donors (Lipinski definition) is 1. The number of nitrogens with two attached hydrogens (primary N) is 1. The van der Waals surface area contributed by atoms with Gasteiger partial charge in [0.05, 0.1) is 15.1 Å². The van der Waals surface area contributed by atoms with Gasteiger partial charge in [-0.05, 0) is 31.0 Å². The lowest BCUT2D eigenvalue weighted by Crippen LogP contribution is -2.39. The molecule has 0 saturated heterocycles. The molecule has 7 heteroatoms. The van der Waals surface area contributed by atoms with Gasteiger partial charge in [0.25, 0.3) is 0 Å². The molecule has 0 aliphatic carbocycles. The smallest absolute Gasteiger partial charge is 0.319 e. The number of hydrogen-bond acceptors (Lipinski definition) is 6. The van der Waals surface area contributed by atoms with Crippen LogP contribution < -0.4 is 10.6 Å². The van der Waals surface area contributed by atoms with Gasteiger partial charge in [-0.1, -0.05) is 13.8 Å². The van der Waals surface area contributed by atoms with E-state index in [9.17, 15) is 10.1 Å². The van der Waals surface area contributed by atoms with Crippen molar-refractivity contribution in [3.8, 4) is 0 Å². The van der Waals surface area contributed by atoms with E-state index < -0.39 is 0 Å². The molecule has 114 valence electrons. The second-order valence-electron chi connectivity index (χ2n) is 5.77. The van der Waals surface area contributed by atoms with Crippen LogP contribution in [0.25, 0.3) is 10.2 Å². The first-order valence-corrected chi connectivity index (χ1v) is 7.73. The lowest BCUT2D eigenvalue weighted by molar-refractivity contribution is -0.382. The summed E-state index contributed by atoms with van der Waals surface area (Å²) in [6, 6.07) is 3.71. The third-order valence-corrected chi connectivity index (χ3v) is 4.33. The maximum absolute atomic E-state index is 11.5. The van der Waals surface area contributed by atoms with Crippen LogP contribution in [0.4, 0.5) is 11.4 Å². The molecule has 0 amide bonds. The highest BCUT2D eigenvalue weighted by atomic mass is 32.1. The van der Waals surface area contributed by atoms with Gasteiger partial charge in [-0.3, -0.25) is 10.1 Å². The van der Waals surface area contributed by atoms with Gasteiger partial charge in [0.2, 0.25) is 0 Å². The highest BCUT2D eigenvalue weighted by molar-refractivity contribution is 7.16. The van der Waals surface area contributed by atoms with E-state index in [4.69, 9.17) is 5.73 Å². The first kappa shape index (κ1) is 15.7. The maximum atomic E-state index is 11.5. The number of thiazole rings is 1. The molecule has 1 aromatic carbocycles. The monoisotopic (exact) mass is 308 g/mol. The molecule has 1 aromatic heterocycles. The van der Waals surface area contributed by atoms with E-state index in [1.165, 1.54) is 11.3 Å². The summed E-state index contributed by atoms with van der Waals surface area (Å²) in [7, 11) is 0. The Bertz CT molecular complexity index is 653. The quantitative estimate of drug-likeness (QED) is 0.655. The average Bonchev–Trinajstić information content (AvgIpc) is 2.91. The van der Waals surface area contributed by atoms with E-state index >= 15 is 0 Å². The molecule has 0 atom stereocenters. The van der Waals surface area contributed by atoms with Crippen LogP contribution in [0.1, 0.15) is 20.8 Å². The minimum atomic E-state index is -0.338. The van der Waals surface area contributed by atoms with Gasteiger partial charge >= 0.3 is 5.69 Å². The zero-order valence-corrected chi connectivity index (χ0v) is 13.3. The van der Waals surface area contributed by atoms with Crippen molar-refractivity contribution in [3.05, 3.63) is 27.8 Å². The lowest BCUT2D eigenvalue weighted by atomic mass is 9.92. The molecule has 1 heterocycles. The third kappa shape index (κ3) is 3.14. The van der Waals surface area contributed by atoms with Crippen LogP contribution in [0, 0.1) is 15.5 Å². The molecular formula is C14H20N4O2S. The van der Waals surface area contributed by atoms with Gasteiger partial charge in [-0.15, -0.1) is 11.3 Å². The van der Waals surface area contributed by atoms with Crippen LogP contribution in [0.15, 0.2) is 17.6 Å². The Kier molecular flexibility index (Phi) is 4.43. The van der Waals surface area contributed by atoms with Crippen molar-refractivity contribution >= 4 is 32.9 Å². The zero-order valence-electron chi connectivity index (χ0n) is 12.5. The van der Waals surface area contributed by atoms with Crippen molar-refractivity contribution in [3.63, 3.8) is 0 Å². The van der Waals surface area contributed by atoms with Gasteiger partial charge in [0.1, 0.15) is 5.69 Å². The first-order valence-electron chi connectivity index (χ1n) is 6.85. The largest absolute Gasteiger partial charge is 0.366 e. The Morgan fingerprint density at radius 1 is 1.48 bits per heavy atom. The Morgan fingerprint density at radius 3 is 2.76 bits per heavy atom. The Hall–Kier alpha value is -1.73. The van der Waals surface area contributed by atoms with Crippen molar-refractivity contribution < 1.29 is 4.92 Å². The molecule has 0 saturated carbocycles. The molecule has 0 fully saturated rings. The molecule has 0 bridgehead atoms. The average molecular weight is 308 g/mol. The van der Waals surface area contributed by atoms with E-state index in [0.717, 1.165) is 4.70 Å². The number of nitro benzene ring substituents is 1. The summed E-state index contributed by atoms with van der Waals surface area (Å²) in [5, 5.41) is 11.5. The van der Waals surface area contributed by atoms with Crippen LogP contribution in [-0.4, -0.2) is 29.5 Å². The van der Waals surface area contributed by atoms with Crippen molar-refractivity contribution in [2.24, 2.45) is 11.1 Å². The number of rotatable bonds is 6. The fourth-order valence-electron chi connectivity index (χ4n) is 2.29. The highest BCUT2D eigenvalue weighted by Crippen LogP contribution is 2.37. The summed E-state index contributed by atoms with van der Waals surface area (Å²) in [6.07, 6.45) is 0. The molecule has 6 nitrogen and oxygen atoms in total. The van der Waals surface area contributed by atoms with E-state index in [2.05, 4.69) is 18.8 Å². The molecule has 2 rings (SSSR count). The van der Waals surface area contributed by atoms with Crippen LogP contribution in [0.5, 0.6) is 0 Å². The van der Waals surface area contributed by atoms with Crippen LogP contribution in [0.2, 0.25) is 0 Å². The number of aromatic nitrogens is 1. The summed E-state index contributed by atoms with van der Waals surface area (Å²) < 4.78 is 0.833. The second-order valence-corrected chi connectivity index (χ2v) is 6.66. The van der Waals surface area contributed by atoms with Crippen molar-refractivity contribution in [2.75, 3.05) is 24.5 Å². The van der Waals surface area contributed by atoms with Gasteiger partial charge in [0.15, 0.2) is 5.52 Å². The molecule has 0 radical (unpaired) electrons. The predicted octanol–water partition coefficient (Wildman–Crippen LogP) is 3.02. The van der Waals surface area contributed by atoms with Crippen molar-refractivity contribution in [2.45, 2.75) is 20.8 Å². The zero-order chi connectivity index (χ0) is 15.6. The van der Waals surface area contributed by atoms with Crippen LogP contribution in [0.3, 0.4) is 0 Å². The normalized spacial score (nSPS) is 11.8. The minimum absolute atomic E-state index is 0.0865. The molecule has 0 aliphatic heterocycles. The van der Waals surface area contributed by atoms with Crippen molar-refractivity contribution in [1.29, 1.82) is 0 Å². The lowest BCUT2D eigenvalue weighted by Gasteiger charge is -2.32. The summed E-state index contributed by atoms with van der Waals surface area (Å²) in [5.41, 5.74) is 8.48. The van der Waals surface area contributed by atoms with Gasteiger partial charge in [-0.25, -0.2) is 4.98 Å². The predicted molar refractivity (Wildman–Crippen MR) is 87.0 cm³/mol. The molecule has 0 spiro atoms. The number of benzene rings is 1. The van der Waals surface area contributed by atoms with Crippen LogP contribution in [-0.2, 0) is 0 Å². The topological polar surface area (TPSA) is 85.3 Å². The number of anilines is 1. The summed E-state index contributed by atoms with van der Waals surface area (Å²) in [4.78, 5) is 17.3. The van der Waals surface area contributed by atoms with Gasteiger partial charge in [0, 0.05) is 13.1 Å². The second kappa shape index (κ2) is 5.95. The number of fused-ring (bicyclic) bond motifs is 1. The van der Waals surface area contributed by atoms with E-state index in [1.807, 2.05) is 24.0 Å². The minimum Gasteiger partial charge on any atom is -0.366 e. The standard InChI is InChI=1S/C14H20N4O2S/c1-4-17(8-14(2,3)7-15)10-5-6-11-12(16-9-21-11)13(10)18(19)20/h5-6,9H,4,7-8,15H2,1-3H3. The highest BCUT2D eigenvalue weighted by Gasteiger charge is 2.27. The maximum Gasteiger partial charge on any atom is 0.319 e. The van der Waals surface area contributed by atoms with Gasteiger partial charge < -0.3 is 10.6 Å². The SMILES string of the molecule is CCN(CC(C)(C)CN)c1ccc2scnc2c1[N+](=O)[O-]. The van der Waals surface area contributed by atoms with Crippen molar-refractivity contribution in [1.82, 2.24) is 4.98 Å². The third-order valence-electron chi connectivity index (χ3n) is 3.53. The fourth-order valence-corrected chi connectivity index (χ4v) is 2.97. The molecule has 0 unspecified atom stereocenters. The molecular weight excluding hydrogens is 288 g/mol. The first-order chi connectivity index (χ1) is 9.89. The Labute approximate surface area is 127 Å². The molecule has 2 N–H and O–H groups in total. The number of nitro groups is 1. The van der Waals surface area contributed by atoms with E-state index in [1.54, 1.807) is 5.51 Å². The summed E-state index contributed by atoms with van der Waals surface area (Å²) in [5.74, 6) is 0. The molecule has 0 aliphatic rings. The molecule has 21 heavy (non-hydrogen) atoms. The van der Waals surface area contributed by atoms with E-state index in [-0.39, 0.29) is 16.0 Å².